The molecule has 2 aromatic rings. The van der Waals surface area contributed by atoms with Crippen LogP contribution in [0.15, 0.2) is 29.1 Å². The van der Waals surface area contributed by atoms with Gasteiger partial charge in [0.25, 0.3) is 0 Å². The maximum absolute atomic E-state index is 13.1. The second kappa shape index (κ2) is 5.75. The predicted molar refractivity (Wildman–Crippen MR) is 78.8 cm³/mol. The fourth-order valence-electron chi connectivity index (χ4n) is 2.36. The van der Waals surface area contributed by atoms with Crippen molar-refractivity contribution < 1.29 is 9.18 Å². The van der Waals surface area contributed by atoms with Gasteiger partial charge in [0, 0.05) is 25.1 Å². The van der Waals surface area contributed by atoms with Crippen molar-refractivity contribution in [3.05, 3.63) is 40.6 Å². The monoisotopic (exact) mass is 304 g/mol. The lowest BCUT2D eigenvalue weighted by molar-refractivity contribution is -0.118. The van der Waals surface area contributed by atoms with E-state index in [4.69, 9.17) is 0 Å². The maximum atomic E-state index is 13.1. The van der Waals surface area contributed by atoms with Crippen LogP contribution in [0, 0.1) is 5.82 Å². The average molecular weight is 304 g/mol. The molecule has 0 saturated heterocycles. The van der Waals surface area contributed by atoms with Crippen molar-refractivity contribution in [2.75, 3.05) is 6.54 Å². The third-order valence-electron chi connectivity index (χ3n) is 3.58. The Balaban J connectivity index is 1.93. The highest BCUT2D eigenvalue weighted by Gasteiger charge is 2.30. The predicted octanol–water partition coefficient (Wildman–Crippen LogP) is 1.32. The molecule has 0 aliphatic heterocycles. The standard InChI is InChI=1S/C15H17FN4O2/c1-10(21)17-8-9-19-15(22)20(13-6-7-13)14(18-19)11-2-4-12(16)5-3-11/h2-5,13H,6-9H2,1H3,(H,17,21). The Labute approximate surface area is 126 Å². The van der Waals surface area contributed by atoms with Gasteiger partial charge in [0.1, 0.15) is 5.82 Å². The number of benzene rings is 1. The minimum atomic E-state index is -0.325. The first-order valence-corrected chi connectivity index (χ1v) is 7.26. The van der Waals surface area contributed by atoms with Crippen LogP contribution < -0.4 is 11.0 Å². The normalized spacial score (nSPS) is 14.1. The summed E-state index contributed by atoms with van der Waals surface area (Å²) in [6.45, 7) is 2.08. The molecule has 116 valence electrons. The Morgan fingerprint density at radius 2 is 2.05 bits per heavy atom. The van der Waals surface area contributed by atoms with Crippen LogP contribution in [-0.2, 0) is 11.3 Å². The molecule has 0 bridgehead atoms. The zero-order valence-corrected chi connectivity index (χ0v) is 12.3. The number of halogens is 1. The van der Waals surface area contributed by atoms with Gasteiger partial charge in [0.15, 0.2) is 5.82 Å². The van der Waals surface area contributed by atoms with Crippen molar-refractivity contribution in [1.29, 1.82) is 0 Å². The molecule has 0 radical (unpaired) electrons. The number of carbonyl (C=O) groups is 1. The summed E-state index contributed by atoms with van der Waals surface area (Å²) in [5.74, 6) is 0.0814. The maximum Gasteiger partial charge on any atom is 0.346 e. The molecule has 3 rings (SSSR count). The third kappa shape index (κ3) is 2.93. The van der Waals surface area contributed by atoms with E-state index >= 15 is 0 Å². The summed E-state index contributed by atoms with van der Waals surface area (Å²) in [6.07, 6.45) is 1.90. The number of aromatic nitrogens is 3. The van der Waals surface area contributed by atoms with E-state index in [1.165, 1.54) is 23.7 Å². The second-order valence-corrected chi connectivity index (χ2v) is 5.42. The van der Waals surface area contributed by atoms with Crippen molar-refractivity contribution in [1.82, 2.24) is 19.7 Å². The van der Waals surface area contributed by atoms with E-state index in [1.54, 1.807) is 16.7 Å². The first-order chi connectivity index (χ1) is 10.6. The fraction of sp³-hybridized carbons (Fsp3) is 0.400. The molecule has 1 aromatic heterocycles. The summed E-state index contributed by atoms with van der Waals surface area (Å²) in [5, 5.41) is 7.01. The van der Waals surface area contributed by atoms with Gasteiger partial charge < -0.3 is 5.32 Å². The molecule has 6 nitrogen and oxygen atoms in total. The molecule has 1 N–H and O–H groups in total. The van der Waals surface area contributed by atoms with Crippen molar-refractivity contribution in [3.8, 4) is 11.4 Å². The van der Waals surface area contributed by atoms with Crippen LogP contribution in [0.2, 0.25) is 0 Å². The molecular formula is C15H17FN4O2. The van der Waals surface area contributed by atoms with Gasteiger partial charge in [-0.15, -0.1) is 5.10 Å². The lowest BCUT2D eigenvalue weighted by Crippen LogP contribution is -2.31. The highest BCUT2D eigenvalue weighted by atomic mass is 19.1. The Bertz CT molecular complexity index is 744. The molecule has 7 heteroatoms. The number of nitrogens with zero attached hydrogens (tertiary/aromatic N) is 3. The van der Waals surface area contributed by atoms with Crippen molar-refractivity contribution >= 4 is 5.91 Å². The molecule has 1 saturated carbocycles. The van der Waals surface area contributed by atoms with Gasteiger partial charge in [0.05, 0.1) is 6.54 Å². The van der Waals surface area contributed by atoms with Crippen LogP contribution in [0.5, 0.6) is 0 Å². The quantitative estimate of drug-likeness (QED) is 0.906. The van der Waals surface area contributed by atoms with Gasteiger partial charge in [-0.2, -0.15) is 0 Å². The van der Waals surface area contributed by atoms with Gasteiger partial charge in [0.2, 0.25) is 5.91 Å². The number of rotatable bonds is 5. The van der Waals surface area contributed by atoms with Crippen LogP contribution in [0.3, 0.4) is 0 Å². The first-order valence-electron chi connectivity index (χ1n) is 7.26. The highest BCUT2D eigenvalue weighted by molar-refractivity contribution is 5.72. The zero-order valence-electron chi connectivity index (χ0n) is 12.3. The number of hydrogen-bond donors (Lipinski definition) is 1. The molecule has 0 atom stereocenters. The summed E-state index contributed by atoms with van der Waals surface area (Å²) in [6, 6.07) is 6.12. The number of nitrogens with one attached hydrogen (secondary N) is 1. The second-order valence-electron chi connectivity index (χ2n) is 5.42. The van der Waals surface area contributed by atoms with Crippen molar-refractivity contribution in [2.24, 2.45) is 0 Å². The van der Waals surface area contributed by atoms with E-state index in [0.717, 1.165) is 12.8 Å². The highest BCUT2D eigenvalue weighted by Crippen LogP contribution is 2.36. The van der Waals surface area contributed by atoms with Crippen LogP contribution in [0.25, 0.3) is 11.4 Å². The lowest BCUT2D eigenvalue weighted by atomic mass is 10.2. The summed E-state index contributed by atoms with van der Waals surface area (Å²) in [4.78, 5) is 23.4. The van der Waals surface area contributed by atoms with Gasteiger partial charge in [-0.1, -0.05) is 0 Å². The van der Waals surface area contributed by atoms with Crippen molar-refractivity contribution in [3.63, 3.8) is 0 Å². The zero-order chi connectivity index (χ0) is 15.7. The van der Waals surface area contributed by atoms with Gasteiger partial charge in [-0.05, 0) is 37.1 Å². The van der Waals surface area contributed by atoms with Gasteiger partial charge in [-0.3, -0.25) is 9.36 Å². The molecule has 1 aliphatic carbocycles. The summed E-state index contributed by atoms with van der Waals surface area (Å²) < 4.78 is 16.1. The van der Waals surface area contributed by atoms with E-state index in [-0.39, 0.29) is 23.5 Å². The number of hydrogen-bond acceptors (Lipinski definition) is 3. The molecule has 1 aliphatic rings. The Kier molecular flexibility index (Phi) is 3.79. The molecule has 0 unspecified atom stereocenters. The summed E-state index contributed by atoms with van der Waals surface area (Å²) >= 11 is 0. The van der Waals surface area contributed by atoms with E-state index < -0.39 is 0 Å². The molecule has 22 heavy (non-hydrogen) atoms. The topological polar surface area (TPSA) is 68.9 Å². The molecule has 1 amide bonds. The molecule has 1 aromatic carbocycles. The number of carbonyl (C=O) groups excluding carboxylic acids is 1. The first kappa shape index (κ1) is 14.5. The molecule has 1 fully saturated rings. The third-order valence-corrected chi connectivity index (χ3v) is 3.58. The fourth-order valence-corrected chi connectivity index (χ4v) is 2.36. The van der Waals surface area contributed by atoms with Gasteiger partial charge >= 0.3 is 5.69 Å². The smallest absolute Gasteiger partial charge is 0.346 e. The van der Waals surface area contributed by atoms with E-state index in [1.807, 2.05) is 0 Å². The minimum Gasteiger partial charge on any atom is -0.354 e. The molecule has 1 heterocycles. The van der Waals surface area contributed by atoms with Crippen LogP contribution in [0.4, 0.5) is 4.39 Å². The van der Waals surface area contributed by atoms with Crippen molar-refractivity contribution in [2.45, 2.75) is 32.4 Å². The Morgan fingerprint density at radius 3 is 2.64 bits per heavy atom. The van der Waals surface area contributed by atoms with E-state index in [0.29, 0.717) is 24.5 Å². The lowest BCUT2D eigenvalue weighted by Gasteiger charge is -2.03. The average Bonchev–Trinajstić information content (AvgIpc) is 3.25. The summed E-state index contributed by atoms with van der Waals surface area (Å²) in [7, 11) is 0. The number of amides is 1. The van der Waals surface area contributed by atoms with E-state index in [2.05, 4.69) is 10.4 Å². The summed E-state index contributed by atoms with van der Waals surface area (Å²) in [5.41, 5.74) is 0.524. The Morgan fingerprint density at radius 1 is 1.36 bits per heavy atom. The minimum absolute atomic E-state index is 0.145. The van der Waals surface area contributed by atoms with Crippen LogP contribution >= 0.6 is 0 Å². The van der Waals surface area contributed by atoms with E-state index in [9.17, 15) is 14.0 Å². The molecular weight excluding hydrogens is 287 g/mol. The van der Waals surface area contributed by atoms with Crippen LogP contribution in [-0.4, -0.2) is 26.8 Å². The molecule has 0 spiro atoms. The van der Waals surface area contributed by atoms with Crippen LogP contribution in [0.1, 0.15) is 25.8 Å². The Hall–Kier alpha value is -2.44. The van der Waals surface area contributed by atoms with Gasteiger partial charge in [-0.25, -0.2) is 13.9 Å². The largest absolute Gasteiger partial charge is 0.354 e. The SMILES string of the molecule is CC(=O)NCCn1nc(-c2ccc(F)cc2)n(C2CC2)c1=O.